The average Bonchev–Trinajstić information content (AvgIpc) is 3.27. The summed E-state index contributed by atoms with van der Waals surface area (Å²) < 4.78 is 13.2. The molecule has 0 radical (unpaired) electrons. The third-order valence-corrected chi connectivity index (χ3v) is 6.68. The lowest BCUT2D eigenvalue weighted by Gasteiger charge is -2.18. The Bertz CT molecular complexity index is 1360. The van der Waals surface area contributed by atoms with E-state index in [1.54, 1.807) is 11.8 Å². The summed E-state index contributed by atoms with van der Waals surface area (Å²) in [5, 5.41) is 0.982. The average molecular weight is 513 g/mol. The van der Waals surface area contributed by atoms with Gasteiger partial charge in [-0.25, -0.2) is 0 Å². The fourth-order valence-corrected chi connectivity index (χ4v) is 4.42. The van der Waals surface area contributed by atoms with E-state index in [1.807, 2.05) is 54.2 Å². The van der Waals surface area contributed by atoms with Crippen LogP contribution >= 0.6 is 0 Å². The number of benzene rings is 3. The molecule has 3 aromatic carbocycles. The Labute approximate surface area is 224 Å². The van der Waals surface area contributed by atoms with Crippen LogP contribution in [-0.4, -0.2) is 41.5 Å². The number of likely N-dealkylation sites (N-methyl/N-ethyl adjacent to an activating group) is 1. The van der Waals surface area contributed by atoms with Crippen LogP contribution in [0.15, 0.2) is 79.0 Å². The van der Waals surface area contributed by atoms with Crippen LogP contribution in [0.4, 0.5) is 0 Å². The fourth-order valence-electron chi connectivity index (χ4n) is 4.42. The van der Waals surface area contributed by atoms with Gasteiger partial charge in [0.1, 0.15) is 18.9 Å². The Kier molecular flexibility index (Phi) is 9.20. The molecule has 0 spiro atoms. The molecule has 0 aliphatic heterocycles. The number of esters is 1. The molecule has 1 amide bonds. The van der Waals surface area contributed by atoms with E-state index in [-0.39, 0.29) is 24.8 Å². The minimum absolute atomic E-state index is 0.0365. The quantitative estimate of drug-likeness (QED) is 0.228. The lowest BCUT2D eigenvalue weighted by Crippen LogP contribution is -2.31. The minimum atomic E-state index is -0.225. The maximum Gasteiger partial charge on any atom is 0.306 e. The second-order valence-corrected chi connectivity index (χ2v) is 9.59. The molecular weight excluding hydrogens is 476 g/mol. The summed E-state index contributed by atoms with van der Waals surface area (Å²) in [6.45, 7) is 5.57. The molecule has 0 saturated heterocycles. The van der Waals surface area contributed by atoms with Crippen LogP contribution < -0.4 is 4.74 Å². The first-order valence-electron chi connectivity index (χ1n) is 13.2. The zero-order valence-corrected chi connectivity index (χ0v) is 22.5. The van der Waals surface area contributed by atoms with E-state index in [0.717, 1.165) is 34.2 Å². The zero-order valence-electron chi connectivity index (χ0n) is 22.5. The van der Waals surface area contributed by atoms with Crippen molar-refractivity contribution in [1.82, 2.24) is 9.47 Å². The topological polar surface area (TPSA) is 60.8 Å². The zero-order chi connectivity index (χ0) is 26.9. The van der Waals surface area contributed by atoms with Crippen LogP contribution in [0.2, 0.25) is 0 Å². The van der Waals surface area contributed by atoms with Gasteiger partial charge in [0.05, 0.1) is 6.61 Å². The molecule has 1 aromatic heterocycles. The van der Waals surface area contributed by atoms with Gasteiger partial charge in [-0.3, -0.25) is 9.59 Å². The van der Waals surface area contributed by atoms with Crippen LogP contribution in [-0.2, 0) is 40.3 Å². The second-order valence-electron chi connectivity index (χ2n) is 9.59. The third kappa shape index (κ3) is 7.25. The van der Waals surface area contributed by atoms with Crippen molar-refractivity contribution in [2.45, 2.75) is 46.3 Å². The van der Waals surface area contributed by atoms with Gasteiger partial charge < -0.3 is 18.9 Å². The van der Waals surface area contributed by atoms with Crippen molar-refractivity contribution in [3.63, 3.8) is 0 Å². The Hall–Kier alpha value is -4.06. The van der Waals surface area contributed by atoms with Crippen molar-refractivity contribution in [2.24, 2.45) is 0 Å². The Morgan fingerprint density at radius 3 is 2.42 bits per heavy atom. The maximum absolute atomic E-state index is 13.1. The van der Waals surface area contributed by atoms with Crippen molar-refractivity contribution in [2.75, 3.05) is 20.2 Å². The van der Waals surface area contributed by atoms with Gasteiger partial charge in [0.25, 0.3) is 0 Å². The molecule has 38 heavy (non-hydrogen) atoms. The van der Waals surface area contributed by atoms with E-state index in [2.05, 4.69) is 43.3 Å². The third-order valence-electron chi connectivity index (χ3n) is 6.68. The van der Waals surface area contributed by atoms with E-state index < -0.39 is 0 Å². The predicted octanol–water partition coefficient (Wildman–Crippen LogP) is 5.73. The Balaban J connectivity index is 1.50. The number of amides is 1. The van der Waals surface area contributed by atoms with Gasteiger partial charge in [0, 0.05) is 37.1 Å². The van der Waals surface area contributed by atoms with Crippen molar-refractivity contribution in [1.29, 1.82) is 0 Å². The van der Waals surface area contributed by atoms with E-state index in [1.165, 1.54) is 11.1 Å². The number of hydrogen-bond acceptors (Lipinski definition) is 4. The maximum atomic E-state index is 13.1. The first-order chi connectivity index (χ1) is 18.4. The molecular formula is C32H36N2O4. The first kappa shape index (κ1) is 27.0. The van der Waals surface area contributed by atoms with Gasteiger partial charge in [-0.05, 0) is 61.6 Å². The Morgan fingerprint density at radius 2 is 1.68 bits per heavy atom. The highest BCUT2D eigenvalue weighted by Gasteiger charge is 2.16. The number of fused-ring (bicyclic) bond motifs is 1. The van der Waals surface area contributed by atoms with Gasteiger partial charge in [0.2, 0.25) is 5.91 Å². The summed E-state index contributed by atoms with van der Waals surface area (Å²) in [5.41, 5.74) is 5.45. The number of rotatable bonds is 12. The molecule has 0 saturated carbocycles. The fraction of sp³-hybridized carbons (Fsp3) is 0.312. The van der Waals surface area contributed by atoms with Crippen LogP contribution in [0.5, 0.6) is 5.75 Å². The number of nitrogens with zero attached hydrogens (tertiary/aromatic N) is 2. The van der Waals surface area contributed by atoms with Gasteiger partial charge >= 0.3 is 5.97 Å². The SMILES string of the molecule is CCOC(=O)CCc1cn(CC(=O)N(C)CCc2ccccc2)c2ccc(OCc3ccc(C)cc3)cc12. The van der Waals surface area contributed by atoms with Crippen molar-refractivity contribution >= 4 is 22.8 Å². The van der Waals surface area contributed by atoms with Crippen molar-refractivity contribution in [3.8, 4) is 5.75 Å². The first-order valence-corrected chi connectivity index (χ1v) is 13.2. The highest BCUT2D eigenvalue weighted by atomic mass is 16.5. The number of carbonyl (C=O) groups is 2. The van der Waals surface area contributed by atoms with Gasteiger partial charge in [-0.2, -0.15) is 0 Å². The summed E-state index contributed by atoms with van der Waals surface area (Å²) in [6, 6.07) is 24.4. The standard InChI is InChI=1S/C32H36N2O4/c1-4-37-32(36)17-14-27-21-34(22-31(35)33(3)19-18-25-8-6-5-7-9-25)30-16-15-28(20-29(27)30)38-23-26-12-10-24(2)11-13-26/h5-13,15-16,20-21H,4,14,17-19,22-23H2,1-3H3. The molecule has 0 atom stereocenters. The van der Waals surface area contributed by atoms with E-state index in [0.29, 0.717) is 26.2 Å². The molecule has 0 fully saturated rings. The van der Waals surface area contributed by atoms with Crippen molar-refractivity contribution < 1.29 is 19.1 Å². The molecule has 198 valence electrons. The number of aromatic nitrogens is 1. The molecule has 0 aliphatic rings. The normalized spacial score (nSPS) is 10.9. The van der Waals surface area contributed by atoms with Crippen molar-refractivity contribution in [3.05, 3.63) is 101 Å². The molecule has 6 nitrogen and oxygen atoms in total. The summed E-state index contributed by atoms with van der Waals surface area (Å²) in [4.78, 5) is 26.9. The van der Waals surface area contributed by atoms with E-state index in [9.17, 15) is 9.59 Å². The Morgan fingerprint density at radius 1 is 0.921 bits per heavy atom. The van der Waals surface area contributed by atoms with E-state index >= 15 is 0 Å². The molecule has 0 N–H and O–H groups in total. The predicted molar refractivity (Wildman–Crippen MR) is 150 cm³/mol. The summed E-state index contributed by atoms with van der Waals surface area (Å²) in [7, 11) is 1.84. The molecule has 4 rings (SSSR count). The van der Waals surface area contributed by atoms with Gasteiger partial charge in [-0.1, -0.05) is 60.2 Å². The van der Waals surface area contributed by atoms with Crippen LogP contribution in [0, 0.1) is 6.92 Å². The summed E-state index contributed by atoms with van der Waals surface area (Å²) in [5.74, 6) is 0.561. The van der Waals surface area contributed by atoms with Gasteiger partial charge in [-0.15, -0.1) is 0 Å². The van der Waals surface area contributed by atoms with Crippen LogP contribution in [0.25, 0.3) is 10.9 Å². The molecule has 0 bridgehead atoms. The smallest absolute Gasteiger partial charge is 0.306 e. The van der Waals surface area contributed by atoms with Crippen LogP contribution in [0.1, 0.15) is 35.6 Å². The minimum Gasteiger partial charge on any atom is -0.489 e. The molecule has 6 heteroatoms. The highest BCUT2D eigenvalue weighted by Crippen LogP contribution is 2.28. The van der Waals surface area contributed by atoms with E-state index in [4.69, 9.17) is 9.47 Å². The van der Waals surface area contributed by atoms with Gasteiger partial charge in [0.15, 0.2) is 0 Å². The molecule has 1 heterocycles. The monoisotopic (exact) mass is 512 g/mol. The molecule has 0 aliphatic carbocycles. The number of carbonyl (C=O) groups excluding carboxylic acids is 2. The number of aryl methyl sites for hydroxylation is 2. The number of ether oxygens (including phenoxy) is 2. The largest absolute Gasteiger partial charge is 0.489 e. The lowest BCUT2D eigenvalue weighted by atomic mass is 10.1. The molecule has 4 aromatic rings. The van der Waals surface area contributed by atoms with Crippen LogP contribution in [0.3, 0.4) is 0 Å². The highest BCUT2D eigenvalue weighted by molar-refractivity contribution is 5.88. The summed E-state index contributed by atoms with van der Waals surface area (Å²) >= 11 is 0. The molecule has 0 unspecified atom stereocenters. The number of hydrogen-bond donors (Lipinski definition) is 0. The summed E-state index contributed by atoms with van der Waals surface area (Å²) in [6.07, 6.45) is 3.60. The lowest BCUT2D eigenvalue weighted by molar-refractivity contribution is -0.143. The second kappa shape index (κ2) is 13.0.